The fourth-order valence-corrected chi connectivity index (χ4v) is 2.30. The molecule has 0 spiro atoms. The zero-order chi connectivity index (χ0) is 12.7. The van der Waals surface area contributed by atoms with Crippen LogP contribution in [0.4, 0.5) is 0 Å². The molecule has 0 aromatic heterocycles. The van der Waals surface area contributed by atoms with Crippen molar-refractivity contribution in [3.05, 3.63) is 35.4 Å². The van der Waals surface area contributed by atoms with Crippen LogP contribution >= 0.6 is 0 Å². The van der Waals surface area contributed by atoms with Gasteiger partial charge in [0, 0.05) is 28.9 Å². The van der Waals surface area contributed by atoms with Crippen LogP contribution in [-0.2, 0) is 17.2 Å². The van der Waals surface area contributed by atoms with Crippen molar-refractivity contribution in [3.8, 4) is 0 Å². The van der Waals surface area contributed by atoms with Crippen LogP contribution in [0, 0.1) is 0 Å². The maximum atomic E-state index is 10.9. The van der Waals surface area contributed by atoms with Gasteiger partial charge in [0.2, 0.25) is 0 Å². The van der Waals surface area contributed by atoms with E-state index in [9.17, 15) is 4.21 Å². The summed E-state index contributed by atoms with van der Waals surface area (Å²) in [4.78, 5) is 0. The third kappa shape index (κ3) is 5.46. The molecule has 1 aromatic carbocycles. The first-order chi connectivity index (χ1) is 8.13. The van der Waals surface area contributed by atoms with Crippen LogP contribution in [0.2, 0.25) is 0 Å². The molecule has 1 aromatic rings. The summed E-state index contributed by atoms with van der Waals surface area (Å²) in [7, 11) is -0.669. The van der Waals surface area contributed by atoms with Gasteiger partial charge < -0.3 is 5.32 Å². The van der Waals surface area contributed by atoms with Gasteiger partial charge in [0.1, 0.15) is 0 Å². The number of benzene rings is 1. The molecule has 0 heterocycles. The van der Waals surface area contributed by atoms with E-state index < -0.39 is 10.8 Å². The lowest BCUT2D eigenvalue weighted by Gasteiger charge is -2.14. The van der Waals surface area contributed by atoms with Gasteiger partial charge in [0.15, 0.2) is 0 Å². The zero-order valence-corrected chi connectivity index (χ0v) is 11.8. The summed E-state index contributed by atoms with van der Waals surface area (Å²) in [5.74, 6) is 0.786. The highest BCUT2D eigenvalue weighted by Gasteiger charge is 2.03. The standard InChI is InChI=1S/C14H23NOS/c1-4-13-6-8-14(9-7-13)12(2)15-10-5-11-17(3)16/h6-9,12,15H,4-5,10-11H2,1-3H3. The van der Waals surface area contributed by atoms with Gasteiger partial charge >= 0.3 is 0 Å². The van der Waals surface area contributed by atoms with E-state index in [0.29, 0.717) is 6.04 Å². The Labute approximate surface area is 107 Å². The molecule has 0 aliphatic rings. The maximum absolute atomic E-state index is 10.9. The largest absolute Gasteiger partial charge is 0.310 e. The summed E-state index contributed by atoms with van der Waals surface area (Å²) in [6.45, 7) is 5.27. The fourth-order valence-electron chi connectivity index (χ4n) is 1.75. The minimum Gasteiger partial charge on any atom is -0.310 e. The number of nitrogens with one attached hydrogen (secondary N) is 1. The normalized spacial score (nSPS) is 14.5. The Morgan fingerprint density at radius 3 is 2.47 bits per heavy atom. The second-order valence-electron chi connectivity index (χ2n) is 4.40. The molecule has 17 heavy (non-hydrogen) atoms. The molecule has 1 rings (SSSR count). The van der Waals surface area contributed by atoms with Gasteiger partial charge in [-0.05, 0) is 37.4 Å². The minimum atomic E-state index is -0.669. The van der Waals surface area contributed by atoms with E-state index >= 15 is 0 Å². The third-order valence-electron chi connectivity index (χ3n) is 2.95. The van der Waals surface area contributed by atoms with E-state index in [2.05, 4.69) is 43.4 Å². The van der Waals surface area contributed by atoms with Crippen LogP contribution in [0.5, 0.6) is 0 Å². The van der Waals surface area contributed by atoms with E-state index in [1.807, 2.05) is 0 Å². The summed E-state index contributed by atoms with van der Waals surface area (Å²) in [5, 5.41) is 3.46. The maximum Gasteiger partial charge on any atom is 0.0291 e. The van der Waals surface area contributed by atoms with Gasteiger partial charge in [-0.2, -0.15) is 0 Å². The first kappa shape index (κ1) is 14.4. The molecular formula is C14H23NOS. The van der Waals surface area contributed by atoms with Crippen LogP contribution in [0.15, 0.2) is 24.3 Å². The van der Waals surface area contributed by atoms with Crippen molar-refractivity contribution < 1.29 is 4.21 Å². The minimum absolute atomic E-state index is 0.367. The van der Waals surface area contributed by atoms with Gasteiger partial charge in [0.25, 0.3) is 0 Å². The number of hydrogen-bond acceptors (Lipinski definition) is 2. The van der Waals surface area contributed by atoms with Crippen molar-refractivity contribution in [1.29, 1.82) is 0 Å². The Hall–Kier alpha value is -0.670. The van der Waals surface area contributed by atoms with E-state index in [4.69, 9.17) is 0 Å². The van der Waals surface area contributed by atoms with E-state index in [1.54, 1.807) is 6.26 Å². The Morgan fingerprint density at radius 1 is 1.29 bits per heavy atom. The Kier molecular flexibility index (Phi) is 6.45. The van der Waals surface area contributed by atoms with Gasteiger partial charge in [-0.15, -0.1) is 0 Å². The smallest absolute Gasteiger partial charge is 0.0291 e. The first-order valence-electron chi connectivity index (χ1n) is 6.25. The average molecular weight is 253 g/mol. The molecule has 2 unspecified atom stereocenters. The Balaban J connectivity index is 2.35. The summed E-state index contributed by atoms with van der Waals surface area (Å²) in [6.07, 6.45) is 3.82. The molecule has 0 saturated carbocycles. The number of hydrogen-bond donors (Lipinski definition) is 1. The predicted octanol–water partition coefficient (Wildman–Crippen LogP) is 2.67. The van der Waals surface area contributed by atoms with Crippen LogP contribution in [0.1, 0.15) is 37.4 Å². The lowest BCUT2D eigenvalue weighted by molar-refractivity contribution is 0.570. The first-order valence-corrected chi connectivity index (χ1v) is 7.98. The summed E-state index contributed by atoms with van der Waals surface area (Å²) >= 11 is 0. The average Bonchev–Trinajstić information content (AvgIpc) is 2.34. The van der Waals surface area contributed by atoms with Crippen molar-refractivity contribution in [2.75, 3.05) is 18.6 Å². The Bertz CT molecular complexity index is 348. The van der Waals surface area contributed by atoms with E-state index in [0.717, 1.165) is 25.1 Å². The van der Waals surface area contributed by atoms with Crippen LogP contribution < -0.4 is 5.32 Å². The van der Waals surface area contributed by atoms with Gasteiger partial charge in [-0.1, -0.05) is 31.2 Å². The molecule has 0 bridgehead atoms. The summed E-state index contributed by atoms with van der Waals surface area (Å²) < 4.78 is 10.9. The second-order valence-corrected chi connectivity index (χ2v) is 5.96. The van der Waals surface area contributed by atoms with Crippen LogP contribution in [0.25, 0.3) is 0 Å². The molecule has 0 radical (unpaired) electrons. The quantitative estimate of drug-likeness (QED) is 0.757. The van der Waals surface area contributed by atoms with Crippen molar-refractivity contribution in [1.82, 2.24) is 5.32 Å². The summed E-state index contributed by atoms with van der Waals surface area (Å²) in [6, 6.07) is 9.12. The number of aryl methyl sites for hydroxylation is 1. The lowest BCUT2D eigenvalue weighted by atomic mass is 10.1. The van der Waals surface area contributed by atoms with Gasteiger partial charge in [-0.25, -0.2) is 0 Å². The molecule has 2 atom stereocenters. The fraction of sp³-hybridized carbons (Fsp3) is 0.571. The number of rotatable bonds is 7. The molecule has 0 fully saturated rings. The monoisotopic (exact) mass is 253 g/mol. The highest BCUT2D eigenvalue weighted by Crippen LogP contribution is 2.13. The van der Waals surface area contributed by atoms with Gasteiger partial charge in [-0.3, -0.25) is 4.21 Å². The predicted molar refractivity (Wildman–Crippen MR) is 75.8 cm³/mol. The Morgan fingerprint density at radius 2 is 1.94 bits per heavy atom. The molecule has 0 aliphatic heterocycles. The zero-order valence-electron chi connectivity index (χ0n) is 11.0. The molecule has 96 valence electrons. The third-order valence-corrected chi connectivity index (χ3v) is 3.81. The van der Waals surface area contributed by atoms with Crippen molar-refractivity contribution >= 4 is 10.8 Å². The van der Waals surface area contributed by atoms with Crippen molar-refractivity contribution in [3.63, 3.8) is 0 Å². The highest BCUT2D eigenvalue weighted by molar-refractivity contribution is 7.84. The molecule has 3 heteroatoms. The van der Waals surface area contributed by atoms with Crippen LogP contribution in [0.3, 0.4) is 0 Å². The summed E-state index contributed by atoms with van der Waals surface area (Å²) in [5.41, 5.74) is 2.70. The lowest BCUT2D eigenvalue weighted by Crippen LogP contribution is -2.21. The SMILES string of the molecule is CCc1ccc(C(C)NCCCS(C)=O)cc1. The van der Waals surface area contributed by atoms with E-state index in [1.165, 1.54) is 11.1 Å². The molecule has 1 N–H and O–H groups in total. The van der Waals surface area contributed by atoms with Crippen LogP contribution in [-0.4, -0.2) is 22.8 Å². The molecule has 0 aliphatic carbocycles. The van der Waals surface area contributed by atoms with E-state index in [-0.39, 0.29) is 0 Å². The van der Waals surface area contributed by atoms with Crippen molar-refractivity contribution in [2.45, 2.75) is 32.7 Å². The molecule has 0 amide bonds. The highest BCUT2D eigenvalue weighted by atomic mass is 32.2. The second kappa shape index (κ2) is 7.62. The molecule has 2 nitrogen and oxygen atoms in total. The topological polar surface area (TPSA) is 29.1 Å². The molecular weight excluding hydrogens is 230 g/mol. The van der Waals surface area contributed by atoms with Gasteiger partial charge in [0.05, 0.1) is 0 Å². The molecule has 0 saturated heterocycles. The van der Waals surface area contributed by atoms with Crippen molar-refractivity contribution in [2.24, 2.45) is 0 Å².